The molecule has 0 bridgehead atoms. The SMILES string of the molecule is CS(=O)(=O)Cc1ccc(C(=O)Nc2nc(-c3cccc(C(F)(F)F)c3)cs2)cc1. The first-order valence-electron chi connectivity index (χ1n) is 8.22. The van der Waals surface area contributed by atoms with Crippen molar-refractivity contribution in [3.05, 3.63) is 70.6 Å². The smallest absolute Gasteiger partial charge is 0.298 e. The van der Waals surface area contributed by atoms with E-state index < -0.39 is 27.5 Å². The van der Waals surface area contributed by atoms with Crippen LogP contribution in [0.2, 0.25) is 0 Å². The number of sulfone groups is 1. The number of halogens is 3. The molecule has 3 aromatic rings. The summed E-state index contributed by atoms with van der Waals surface area (Å²) in [6, 6.07) is 10.9. The highest BCUT2D eigenvalue weighted by Gasteiger charge is 2.30. The Kier molecular flexibility index (Phi) is 5.76. The van der Waals surface area contributed by atoms with E-state index in [0.29, 0.717) is 22.4 Å². The summed E-state index contributed by atoms with van der Waals surface area (Å²) in [5.74, 6) is -0.581. The lowest BCUT2D eigenvalue weighted by atomic mass is 10.1. The number of carbonyl (C=O) groups is 1. The lowest BCUT2D eigenvalue weighted by molar-refractivity contribution is -0.137. The molecule has 2 aromatic carbocycles. The van der Waals surface area contributed by atoms with E-state index in [2.05, 4.69) is 10.3 Å². The number of carbonyl (C=O) groups excluding carboxylic acids is 1. The Bertz CT molecular complexity index is 1140. The molecule has 0 radical (unpaired) electrons. The molecule has 0 unspecified atom stereocenters. The second kappa shape index (κ2) is 7.96. The molecule has 0 fully saturated rings. The van der Waals surface area contributed by atoms with E-state index in [1.165, 1.54) is 24.3 Å². The fraction of sp³-hybridized carbons (Fsp3) is 0.158. The Morgan fingerprint density at radius 2 is 1.83 bits per heavy atom. The van der Waals surface area contributed by atoms with Gasteiger partial charge < -0.3 is 0 Å². The Balaban J connectivity index is 1.72. The Labute approximate surface area is 169 Å². The maximum atomic E-state index is 12.9. The average molecular weight is 440 g/mol. The minimum Gasteiger partial charge on any atom is -0.298 e. The van der Waals surface area contributed by atoms with E-state index in [4.69, 9.17) is 0 Å². The van der Waals surface area contributed by atoms with Crippen LogP contribution in [-0.2, 0) is 21.8 Å². The highest BCUT2D eigenvalue weighted by Crippen LogP contribution is 2.33. The van der Waals surface area contributed by atoms with E-state index in [9.17, 15) is 26.4 Å². The van der Waals surface area contributed by atoms with Gasteiger partial charge in [-0.25, -0.2) is 13.4 Å². The zero-order valence-corrected chi connectivity index (χ0v) is 16.7. The first-order chi connectivity index (χ1) is 13.5. The molecular weight excluding hydrogens is 425 g/mol. The van der Waals surface area contributed by atoms with Gasteiger partial charge >= 0.3 is 6.18 Å². The number of anilines is 1. The van der Waals surface area contributed by atoms with Gasteiger partial charge in [0.1, 0.15) is 0 Å². The van der Waals surface area contributed by atoms with Gasteiger partial charge in [-0.15, -0.1) is 11.3 Å². The topological polar surface area (TPSA) is 76.1 Å². The van der Waals surface area contributed by atoms with E-state index in [1.807, 2.05) is 0 Å². The Morgan fingerprint density at radius 1 is 1.14 bits per heavy atom. The summed E-state index contributed by atoms with van der Waals surface area (Å²) in [5, 5.41) is 4.38. The van der Waals surface area contributed by atoms with Gasteiger partial charge in [0, 0.05) is 22.8 Å². The predicted molar refractivity (Wildman–Crippen MR) is 105 cm³/mol. The van der Waals surface area contributed by atoms with E-state index in [1.54, 1.807) is 17.5 Å². The Morgan fingerprint density at radius 3 is 2.45 bits per heavy atom. The van der Waals surface area contributed by atoms with Crippen LogP contribution in [0, 0.1) is 0 Å². The van der Waals surface area contributed by atoms with Gasteiger partial charge in [0.05, 0.1) is 17.0 Å². The summed E-state index contributed by atoms with van der Waals surface area (Å²) in [6.07, 6.45) is -3.33. The van der Waals surface area contributed by atoms with Crippen LogP contribution in [0.5, 0.6) is 0 Å². The number of hydrogen-bond donors (Lipinski definition) is 1. The van der Waals surface area contributed by atoms with Gasteiger partial charge in [-0.2, -0.15) is 13.2 Å². The third-order valence-corrected chi connectivity index (χ3v) is 5.47. The maximum absolute atomic E-state index is 12.9. The van der Waals surface area contributed by atoms with Crippen molar-refractivity contribution in [3.63, 3.8) is 0 Å². The van der Waals surface area contributed by atoms with Crippen LogP contribution >= 0.6 is 11.3 Å². The van der Waals surface area contributed by atoms with E-state index in [-0.39, 0.29) is 10.9 Å². The zero-order valence-electron chi connectivity index (χ0n) is 15.0. The highest BCUT2D eigenvalue weighted by atomic mass is 32.2. The zero-order chi connectivity index (χ0) is 21.2. The van der Waals surface area contributed by atoms with Crippen molar-refractivity contribution in [1.82, 2.24) is 4.98 Å². The molecule has 3 rings (SSSR count). The molecule has 0 atom stereocenters. The van der Waals surface area contributed by atoms with Crippen LogP contribution in [-0.4, -0.2) is 25.6 Å². The molecular formula is C19H15F3N2O3S2. The number of rotatable bonds is 5. The first kappa shape index (κ1) is 21.0. The number of aromatic nitrogens is 1. The number of alkyl halides is 3. The van der Waals surface area contributed by atoms with Gasteiger partial charge in [0.2, 0.25) is 0 Å². The van der Waals surface area contributed by atoms with Crippen molar-refractivity contribution in [2.24, 2.45) is 0 Å². The van der Waals surface area contributed by atoms with Crippen LogP contribution in [0.3, 0.4) is 0 Å². The van der Waals surface area contributed by atoms with E-state index >= 15 is 0 Å². The molecule has 0 aliphatic heterocycles. The van der Waals surface area contributed by atoms with Crippen molar-refractivity contribution in [1.29, 1.82) is 0 Å². The second-order valence-electron chi connectivity index (χ2n) is 6.34. The lowest BCUT2D eigenvalue weighted by Crippen LogP contribution is -2.12. The largest absolute Gasteiger partial charge is 0.416 e. The average Bonchev–Trinajstić information content (AvgIpc) is 3.09. The van der Waals surface area contributed by atoms with Gasteiger partial charge in [-0.05, 0) is 29.8 Å². The molecule has 29 heavy (non-hydrogen) atoms. The van der Waals surface area contributed by atoms with Gasteiger partial charge in [-0.3, -0.25) is 10.1 Å². The van der Waals surface area contributed by atoms with Gasteiger partial charge in [0.15, 0.2) is 15.0 Å². The fourth-order valence-corrected chi connectivity index (χ4v) is 4.06. The molecule has 152 valence electrons. The van der Waals surface area contributed by atoms with Crippen LogP contribution in [0.4, 0.5) is 18.3 Å². The summed E-state index contributed by atoms with van der Waals surface area (Å²) < 4.78 is 61.2. The van der Waals surface area contributed by atoms with Gasteiger partial charge in [0.25, 0.3) is 5.91 Å². The minimum absolute atomic E-state index is 0.123. The number of amides is 1. The summed E-state index contributed by atoms with van der Waals surface area (Å²) >= 11 is 1.09. The number of nitrogens with zero attached hydrogens (tertiary/aromatic N) is 1. The second-order valence-corrected chi connectivity index (χ2v) is 9.34. The molecule has 0 saturated heterocycles. The van der Waals surface area contributed by atoms with Crippen LogP contribution < -0.4 is 5.32 Å². The molecule has 1 heterocycles. The van der Waals surface area contributed by atoms with Crippen molar-refractivity contribution in [2.75, 3.05) is 11.6 Å². The number of nitrogens with one attached hydrogen (secondary N) is 1. The summed E-state index contributed by atoms with van der Waals surface area (Å²) in [5.41, 5.74) is 0.701. The van der Waals surface area contributed by atoms with Crippen molar-refractivity contribution in [2.45, 2.75) is 11.9 Å². The molecule has 0 aliphatic carbocycles. The fourth-order valence-electron chi connectivity index (χ4n) is 2.54. The van der Waals surface area contributed by atoms with Gasteiger partial charge in [-0.1, -0.05) is 24.3 Å². The predicted octanol–water partition coefficient (Wildman–Crippen LogP) is 4.63. The minimum atomic E-state index is -4.45. The maximum Gasteiger partial charge on any atom is 0.416 e. The molecule has 0 aliphatic rings. The lowest BCUT2D eigenvalue weighted by Gasteiger charge is -2.07. The third-order valence-electron chi connectivity index (χ3n) is 3.86. The molecule has 10 heteroatoms. The normalized spacial score (nSPS) is 12.0. The summed E-state index contributed by atoms with van der Waals surface area (Å²) in [7, 11) is -3.17. The first-order valence-corrected chi connectivity index (χ1v) is 11.2. The third kappa shape index (κ3) is 5.64. The number of thiazole rings is 1. The summed E-state index contributed by atoms with van der Waals surface area (Å²) in [6.45, 7) is 0. The van der Waals surface area contributed by atoms with Crippen LogP contribution in [0.25, 0.3) is 11.3 Å². The quantitative estimate of drug-likeness (QED) is 0.628. The molecule has 0 saturated carbocycles. The molecule has 1 amide bonds. The van der Waals surface area contributed by atoms with E-state index in [0.717, 1.165) is 29.7 Å². The van der Waals surface area contributed by atoms with Crippen LogP contribution in [0.1, 0.15) is 21.5 Å². The monoisotopic (exact) mass is 440 g/mol. The van der Waals surface area contributed by atoms with Crippen molar-refractivity contribution in [3.8, 4) is 11.3 Å². The highest BCUT2D eigenvalue weighted by molar-refractivity contribution is 7.89. The van der Waals surface area contributed by atoms with Crippen LogP contribution in [0.15, 0.2) is 53.9 Å². The number of benzene rings is 2. The standard InChI is InChI=1S/C19H15F3N2O3S2/c1-29(26,27)11-12-5-7-13(8-6-12)17(25)24-18-23-16(10-28-18)14-3-2-4-15(9-14)19(20,21)22/h2-10H,11H2,1H3,(H,23,24,25). The molecule has 1 aromatic heterocycles. The molecule has 1 N–H and O–H groups in total. The molecule has 5 nitrogen and oxygen atoms in total. The number of hydrogen-bond acceptors (Lipinski definition) is 5. The summed E-state index contributed by atoms with van der Waals surface area (Å²) in [4.78, 5) is 16.5. The van der Waals surface area contributed by atoms with Crippen molar-refractivity contribution >= 4 is 32.2 Å². The molecule has 0 spiro atoms. The Hall–Kier alpha value is -2.72. The van der Waals surface area contributed by atoms with Crippen molar-refractivity contribution < 1.29 is 26.4 Å².